The molecule has 0 saturated carbocycles. The van der Waals surface area contributed by atoms with E-state index in [-0.39, 0.29) is 12.0 Å². The van der Waals surface area contributed by atoms with Crippen LogP contribution in [-0.4, -0.2) is 25.6 Å². The predicted octanol–water partition coefficient (Wildman–Crippen LogP) is 5.94. The SMILES string of the molecule is CCCC1COC(c2ccc(C(=O)Oc3cc(F)c(OC=CC(F)F)c(F)c3)c(F)c2)OC1. The van der Waals surface area contributed by atoms with Gasteiger partial charge in [0.25, 0.3) is 6.43 Å². The molecular weight excluding hydrogens is 451 g/mol. The van der Waals surface area contributed by atoms with Crippen LogP contribution >= 0.6 is 0 Å². The summed E-state index contributed by atoms with van der Waals surface area (Å²) in [4.78, 5) is 12.3. The van der Waals surface area contributed by atoms with E-state index in [1.165, 1.54) is 6.07 Å². The van der Waals surface area contributed by atoms with Crippen LogP contribution in [0, 0.1) is 23.4 Å². The van der Waals surface area contributed by atoms with Crippen molar-refractivity contribution < 1.29 is 45.7 Å². The number of allylic oxidation sites excluding steroid dienone is 1. The highest BCUT2D eigenvalue weighted by Gasteiger charge is 2.25. The zero-order valence-electron chi connectivity index (χ0n) is 17.5. The lowest BCUT2D eigenvalue weighted by atomic mass is 10.0. The van der Waals surface area contributed by atoms with Crippen molar-refractivity contribution in [3.63, 3.8) is 0 Å². The largest absolute Gasteiger partial charge is 0.459 e. The Morgan fingerprint density at radius 2 is 1.76 bits per heavy atom. The van der Waals surface area contributed by atoms with Gasteiger partial charge in [-0.15, -0.1) is 0 Å². The molecule has 0 radical (unpaired) electrons. The monoisotopic (exact) mass is 472 g/mol. The molecule has 10 heteroatoms. The number of hydrogen-bond acceptors (Lipinski definition) is 5. The molecule has 2 aromatic rings. The normalized spacial score (nSPS) is 18.6. The molecule has 0 aliphatic carbocycles. The van der Waals surface area contributed by atoms with Gasteiger partial charge in [0.15, 0.2) is 23.7 Å². The lowest BCUT2D eigenvalue weighted by molar-refractivity contribution is -0.206. The fraction of sp³-hybridized carbons (Fsp3) is 0.348. The maximum atomic E-state index is 14.5. The van der Waals surface area contributed by atoms with Crippen LogP contribution in [0.15, 0.2) is 42.7 Å². The first-order valence-electron chi connectivity index (χ1n) is 10.1. The number of alkyl halides is 2. The van der Waals surface area contributed by atoms with Gasteiger partial charge >= 0.3 is 5.97 Å². The molecule has 1 heterocycles. The van der Waals surface area contributed by atoms with Gasteiger partial charge in [0, 0.05) is 29.7 Å². The third kappa shape index (κ3) is 6.52. The average Bonchev–Trinajstić information content (AvgIpc) is 2.76. The highest BCUT2D eigenvalue weighted by Crippen LogP contribution is 2.30. The minimum absolute atomic E-state index is 0.267. The van der Waals surface area contributed by atoms with Crippen LogP contribution in [-0.2, 0) is 9.47 Å². The van der Waals surface area contributed by atoms with Crippen molar-refractivity contribution in [1.29, 1.82) is 0 Å². The summed E-state index contributed by atoms with van der Waals surface area (Å²) in [6, 6.07) is 4.86. The van der Waals surface area contributed by atoms with Gasteiger partial charge in [0.05, 0.1) is 25.0 Å². The van der Waals surface area contributed by atoms with E-state index in [1.54, 1.807) is 0 Å². The summed E-state index contributed by atoms with van der Waals surface area (Å²) in [5.74, 6) is -6.00. The average molecular weight is 472 g/mol. The molecular formula is C23H21F5O5. The Kier molecular flexibility index (Phi) is 8.40. The first-order chi connectivity index (χ1) is 15.8. The molecule has 3 rings (SSSR count). The second-order valence-electron chi connectivity index (χ2n) is 7.28. The van der Waals surface area contributed by atoms with Crippen molar-refractivity contribution in [2.45, 2.75) is 32.5 Å². The molecule has 1 saturated heterocycles. The summed E-state index contributed by atoms with van der Waals surface area (Å²) in [6.07, 6.45) is -0.983. The van der Waals surface area contributed by atoms with E-state index in [9.17, 15) is 26.7 Å². The van der Waals surface area contributed by atoms with Gasteiger partial charge in [0.1, 0.15) is 11.6 Å². The maximum Gasteiger partial charge on any atom is 0.346 e. The number of benzene rings is 2. The summed E-state index contributed by atoms with van der Waals surface area (Å²) in [7, 11) is 0. The molecule has 178 valence electrons. The van der Waals surface area contributed by atoms with Crippen LogP contribution in [0.25, 0.3) is 0 Å². The third-order valence-electron chi connectivity index (χ3n) is 4.74. The van der Waals surface area contributed by atoms with Crippen molar-refractivity contribution in [1.82, 2.24) is 0 Å². The summed E-state index contributed by atoms with van der Waals surface area (Å²) in [5, 5.41) is 0. The molecule has 0 N–H and O–H groups in total. The van der Waals surface area contributed by atoms with Crippen LogP contribution in [0.3, 0.4) is 0 Å². The first-order valence-corrected chi connectivity index (χ1v) is 10.1. The summed E-state index contributed by atoms with van der Waals surface area (Å²) >= 11 is 0. The van der Waals surface area contributed by atoms with Crippen LogP contribution < -0.4 is 9.47 Å². The molecule has 2 aromatic carbocycles. The zero-order chi connectivity index (χ0) is 24.0. The van der Waals surface area contributed by atoms with Crippen LogP contribution in [0.5, 0.6) is 11.5 Å². The van der Waals surface area contributed by atoms with Crippen molar-refractivity contribution in [3.05, 3.63) is 71.2 Å². The van der Waals surface area contributed by atoms with Crippen molar-refractivity contribution >= 4 is 5.97 Å². The molecule has 0 atom stereocenters. The summed E-state index contributed by atoms with van der Waals surface area (Å²) < 4.78 is 87.3. The van der Waals surface area contributed by atoms with Crippen molar-refractivity contribution in [2.75, 3.05) is 13.2 Å². The smallest absolute Gasteiger partial charge is 0.346 e. The summed E-state index contributed by atoms with van der Waals surface area (Å²) in [5.41, 5.74) is -0.103. The van der Waals surface area contributed by atoms with Crippen LogP contribution in [0.4, 0.5) is 22.0 Å². The molecule has 0 aromatic heterocycles. The lowest BCUT2D eigenvalue weighted by Gasteiger charge is -2.29. The first kappa shape index (κ1) is 24.7. The van der Waals surface area contributed by atoms with Gasteiger partial charge in [-0.1, -0.05) is 19.4 Å². The van der Waals surface area contributed by atoms with E-state index in [0.29, 0.717) is 37.2 Å². The quantitative estimate of drug-likeness (QED) is 0.206. The Balaban J connectivity index is 1.67. The highest BCUT2D eigenvalue weighted by atomic mass is 19.3. The van der Waals surface area contributed by atoms with Gasteiger partial charge < -0.3 is 18.9 Å². The predicted molar refractivity (Wildman–Crippen MR) is 107 cm³/mol. The Morgan fingerprint density at radius 1 is 1.09 bits per heavy atom. The van der Waals surface area contributed by atoms with Crippen molar-refractivity contribution in [2.24, 2.45) is 5.92 Å². The lowest BCUT2D eigenvalue weighted by Crippen LogP contribution is -2.27. The number of rotatable bonds is 8. The topological polar surface area (TPSA) is 54.0 Å². The zero-order valence-corrected chi connectivity index (χ0v) is 17.5. The van der Waals surface area contributed by atoms with E-state index in [1.807, 2.05) is 0 Å². The number of halogens is 5. The fourth-order valence-electron chi connectivity index (χ4n) is 3.19. The third-order valence-corrected chi connectivity index (χ3v) is 4.74. The molecule has 0 amide bonds. The molecule has 0 spiro atoms. The maximum absolute atomic E-state index is 14.5. The van der Waals surface area contributed by atoms with E-state index < -0.39 is 53.2 Å². The Bertz CT molecular complexity index is 980. The van der Waals surface area contributed by atoms with E-state index in [0.717, 1.165) is 25.0 Å². The fourth-order valence-corrected chi connectivity index (χ4v) is 3.19. The Morgan fingerprint density at radius 3 is 2.33 bits per heavy atom. The van der Waals surface area contributed by atoms with Gasteiger partial charge in [-0.3, -0.25) is 0 Å². The highest BCUT2D eigenvalue weighted by molar-refractivity contribution is 5.91. The molecule has 0 bridgehead atoms. The minimum atomic E-state index is -2.87. The second-order valence-corrected chi connectivity index (χ2v) is 7.28. The van der Waals surface area contributed by atoms with Gasteiger partial charge in [-0.05, 0) is 18.6 Å². The van der Waals surface area contributed by atoms with E-state index in [4.69, 9.17) is 14.2 Å². The number of carbonyl (C=O) groups is 1. The van der Waals surface area contributed by atoms with E-state index in [2.05, 4.69) is 11.7 Å². The molecule has 5 nitrogen and oxygen atoms in total. The Hall–Kier alpha value is -2.98. The molecule has 0 unspecified atom stereocenters. The molecule has 1 aliphatic heterocycles. The number of hydrogen-bond donors (Lipinski definition) is 0. The van der Waals surface area contributed by atoms with Gasteiger partial charge in [0.2, 0.25) is 0 Å². The van der Waals surface area contributed by atoms with Gasteiger partial charge in [-0.25, -0.2) is 26.7 Å². The summed E-state index contributed by atoms with van der Waals surface area (Å²) in [6.45, 7) is 3.00. The van der Waals surface area contributed by atoms with E-state index >= 15 is 0 Å². The van der Waals surface area contributed by atoms with Gasteiger partial charge in [-0.2, -0.15) is 0 Å². The minimum Gasteiger partial charge on any atom is -0.459 e. The number of ether oxygens (including phenoxy) is 4. The van der Waals surface area contributed by atoms with Crippen LogP contribution in [0.2, 0.25) is 0 Å². The van der Waals surface area contributed by atoms with Crippen LogP contribution in [0.1, 0.15) is 42.0 Å². The number of carbonyl (C=O) groups excluding carboxylic acids is 1. The molecule has 1 fully saturated rings. The molecule has 33 heavy (non-hydrogen) atoms. The molecule has 1 aliphatic rings. The van der Waals surface area contributed by atoms with Crippen molar-refractivity contribution in [3.8, 4) is 11.5 Å². The second kappa shape index (κ2) is 11.2. The Labute approximate surface area is 186 Å². The standard InChI is InChI=1S/C23H21F5O5/c1-2-3-13-11-31-23(32-12-13)14-4-5-16(17(24)8-14)22(29)33-15-9-18(25)21(19(26)10-15)30-7-6-20(27)28/h4-10,13,20,23H,2-3,11-12H2,1H3. The number of esters is 1.